The molecule has 1 fully saturated rings. The quantitative estimate of drug-likeness (QED) is 0.719. The van der Waals surface area contributed by atoms with Crippen LogP contribution in [-0.2, 0) is 0 Å². The highest BCUT2D eigenvalue weighted by Crippen LogP contribution is 2.35. The molecule has 2 heteroatoms. The second-order valence-electron chi connectivity index (χ2n) is 4.47. The van der Waals surface area contributed by atoms with E-state index in [1.807, 2.05) is 0 Å². The highest BCUT2D eigenvalue weighted by molar-refractivity contribution is 4.85. The molecule has 0 heterocycles. The normalized spacial score (nSPS) is 37.3. The summed E-state index contributed by atoms with van der Waals surface area (Å²) in [4.78, 5) is 0. The summed E-state index contributed by atoms with van der Waals surface area (Å²) in [6.07, 6.45) is 5.34. The van der Waals surface area contributed by atoms with Gasteiger partial charge < -0.3 is 11.5 Å². The summed E-state index contributed by atoms with van der Waals surface area (Å²) >= 11 is 0. The van der Waals surface area contributed by atoms with Crippen LogP contribution < -0.4 is 11.5 Å². The van der Waals surface area contributed by atoms with E-state index in [0.29, 0.717) is 6.04 Å². The Morgan fingerprint density at radius 3 is 2.07 bits per heavy atom. The fourth-order valence-corrected chi connectivity index (χ4v) is 2.60. The molecule has 1 aliphatic rings. The van der Waals surface area contributed by atoms with Crippen LogP contribution in [0.15, 0.2) is 0 Å². The average Bonchev–Trinajstić information content (AvgIpc) is 2.24. The molecule has 4 atom stereocenters. The van der Waals surface area contributed by atoms with Crippen molar-refractivity contribution in [3.63, 3.8) is 0 Å². The third-order valence-corrected chi connectivity index (χ3v) is 3.64. The fraction of sp³-hybridized carbons (Fsp3) is 1.00. The molecular formula is C12H28N2. The lowest BCUT2D eigenvalue weighted by Crippen LogP contribution is -2.41. The van der Waals surface area contributed by atoms with Gasteiger partial charge in [-0.15, -0.1) is 0 Å². The van der Waals surface area contributed by atoms with Crippen molar-refractivity contribution in [1.29, 1.82) is 0 Å². The molecule has 1 rings (SSSR count). The Hall–Kier alpha value is -0.0800. The first-order chi connectivity index (χ1) is 6.69. The third-order valence-electron chi connectivity index (χ3n) is 3.64. The molecule has 1 aliphatic carbocycles. The fourth-order valence-electron chi connectivity index (χ4n) is 2.60. The maximum atomic E-state index is 6.15. The van der Waals surface area contributed by atoms with Gasteiger partial charge in [-0.3, -0.25) is 0 Å². The molecule has 4 N–H and O–H groups in total. The van der Waals surface area contributed by atoms with Gasteiger partial charge in [0.15, 0.2) is 0 Å². The summed E-state index contributed by atoms with van der Waals surface area (Å²) in [7, 11) is 1.50. The van der Waals surface area contributed by atoms with Gasteiger partial charge in [-0.1, -0.05) is 33.6 Å². The van der Waals surface area contributed by atoms with Gasteiger partial charge in [0.25, 0.3) is 0 Å². The first-order valence-corrected chi connectivity index (χ1v) is 6.02. The van der Waals surface area contributed by atoms with Crippen LogP contribution in [0.3, 0.4) is 0 Å². The molecule has 0 saturated heterocycles. The predicted molar refractivity (Wildman–Crippen MR) is 64.0 cm³/mol. The van der Waals surface area contributed by atoms with E-state index in [0.717, 1.165) is 17.8 Å². The Kier molecular flexibility index (Phi) is 7.20. The molecule has 1 saturated carbocycles. The van der Waals surface area contributed by atoms with Gasteiger partial charge in [-0.25, -0.2) is 0 Å². The minimum absolute atomic E-state index is 0.470. The molecule has 86 valence electrons. The van der Waals surface area contributed by atoms with E-state index in [-0.39, 0.29) is 0 Å². The van der Waals surface area contributed by atoms with Crippen molar-refractivity contribution in [1.82, 2.24) is 0 Å². The van der Waals surface area contributed by atoms with Crippen molar-refractivity contribution >= 4 is 0 Å². The van der Waals surface area contributed by atoms with Gasteiger partial charge >= 0.3 is 0 Å². The molecule has 14 heavy (non-hydrogen) atoms. The topological polar surface area (TPSA) is 52.0 Å². The lowest BCUT2D eigenvalue weighted by atomic mass is 9.71. The summed E-state index contributed by atoms with van der Waals surface area (Å²) in [6, 6.07) is 0.470. The zero-order chi connectivity index (χ0) is 11.1. The molecular weight excluding hydrogens is 172 g/mol. The zero-order valence-electron chi connectivity index (χ0n) is 10.3. The van der Waals surface area contributed by atoms with Crippen molar-refractivity contribution in [2.24, 2.45) is 29.2 Å². The zero-order valence-corrected chi connectivity index (χ0v) is 10.3. The molecule has 0 radical (unpaired) electrons. The number of hydrogen-bond donors (Lipinski definition) is 2. The Labute approximate surface area is 89.4 Å². The lowest BCUT2D eigenvalue weighted by molar-refractivity contribution is 0.164. The van der Waals surface area contributed by atoms with Crippen molar-refractivity contribution in [2.75, 3.05) is 7.05 Å². The lowest BCUT2D eigenvalue weighted by Gasteiger charge is -2.38. The van der Waals surface area contributed by atoms with Gasteiger partial charge in [0.05, 0.1) is 0 Å². The minimum Gasteiger partial charge on any atom is -0.333 e. The van der Waals surface area contributed by atoms with Gasteiger partial charge in [0.1, 0.15) is 0 Å². The maximum Gasteiger partial charge on any atom is 0.00931 e. The van der Waals surface area contributed by atoms with Crippen LogP contribution in [0.4, 0.5) is 0 Å². The first-order valence-electron chi connectivity index (χ1n) is 6.02. The van der Waals surface area contributed by atoms with Crippen molar-refractivity contribution in [3.05, 3.63) is 0 Å². The summed E-state index contributed by atoms with van der Waals surface area (Å²) in [5, 5.41) is 0. The van der Waals surface area contributed by atoms with E-state index < -0.39 is 0 Å². The Balaban J connectivity index is 0.000000791. The largest absolute Gasteiger partial charge is 0.333 e. The van der Waals surface area contributed by atoms with Crippen LogP contribution >= 0.6 is 0 Å². The number of nitrogens with two attached hydrogens (primary N) is 2. The molecule has 0 aromatic carbocycles. The Morgan fingerprint density at radius 2 is 1.64 bits per heavy atom. The summed E-state index contributed by atoms with van der Waals surface area (Å²) < 4.78 is 0. The van der Waals surface area contributed by atoms with Crippen LogP contribution in [0, 0.1) is 17.8 Å². The van der Waals surface area contributed by atoms with Crippen LogP contribution in [0.5, 0.6) is 0 Å². The minimum atomic E-state index is 0.470. The summed E-state index contributed by atoms with van der Waals surface area (Å²) in [5.74, 6) is 2.48. The van der Waals surface area contributed by atoms with Crippen LogP contribution in [-0.4, -0.2) is 13.1 Å². The molecule has 4 unspecified atom stereocenters. The number of hydrogen-bond acceptors (Lipinski definition) is 2. The molecule has 0 aliphatic heterocycles. The van der Waals surface area contributed by atoms with E-state index in [1.54, 1.807) is 0 Å². The Bertz CT molecular complexity index is 136. The second-order valence-corrected chi connectivity index (χ2v) is 4.47. The molecule has 0 amide bonds. The van der Waals surface area contributed by atoms with Gasteiger partial charge in [-0.2, -0.15) is 0 Å². The standard InChI is InChI=1S/C11H23N.CH5N/c1-4-9-6-8(3)11(12)10(5-2)7-9;1-2/h8-11H,4-7,12H2,1-3H3;2H2,1H3. The summed E-state index contributed by atoms with van der Waals surface area (Å²) in [6.45, 7) is 6.89. The van der Waals surface area contributed by atoms with Crippen LogP contribution in [0.1, 0.15) is 46.5 Å². The van der Waals surface area contributed by atoms with Crippen molar-refractivity contribution < 1.29 is 0 Å². The highest BCUT2D eigenvalue weighted by atomic mass is 14.7. The van der Waals surface area contributed by atoms with E-state index in [4.69, 9.17) is 5.73 Å². The maximum absolute atomic E-state index is 6.15. The third kappa shape index (κ3) is 3.58. The highest BCUT2D eigenvalue weighted by Gasteiger charge is 2.30. The molecule has 0 aromatic rings. The van der Waals surface area contributed by atoms with Crippen LogP contribution in [0.25, 0.3) is 0 Å². The molecule has 2 nitrogen and oxygen atoms in total. The van der Waals surface area contributed by atoms with Gasteiger partial charge in [0.2, 0.25) is 0 Å². The first kappa shape index (κ1) is 13.9. The molecule has 0 aromatic heterocycles. The predicted octanol–water partition coefficient (Wildman–Crippen LogP) is 2.37. The number of rotatable bonds is 2. The molecule has 0 bridgehead atoms. The van der Waals surface area contributed by atoms with Crippen molar-refractivity contribution in [3.8, 4) is 0 Å². The Morgan fingerprint density at radius 1 is 1.07 bits per heavy atom. The van der Waals surface area contributed by atoms with Gasteiger partial charge in [0, 0.05) is 6.04 Å². The summed E-state index contributed by atoms with van der Waals surface area (Å²) in [5.41, 5.74) is 10.6. The van der Waals surface area contributed by atoms with E-state index in [9.17, 15) is 0 Å². The van der Waals surface area contributed by atoms with Crippen molar-refractivity contribution in [2.45, 2.75) is 52.5 Å². The van der Waals surface area contributed by atoms with Gasteiger partial charge in [-0.05, 0) is 37.6 Å². The van der Waals surface area contributed by atoms with E-state index in [2.05, 4.69) is 26.5 Å². The van der Waals surface area contributed by atoms with E-state index in [1.165, 1.54) is 32.7 Å². The molecule has 0 spiro atoms. The average molecular weight is 200 g/mol. The second kappa shape index (κ2) is 7.24. The smallest absolute Gasteiger partial charge is 0.00931 e. The monoisotopic (exact) mass is 200 g/mol. The SMILES string of the molecule is CCC1CC(C)C(N)C(CC)C1.CN. The van der Waals surface area contributed by atoms with E-state index >= 15 is 0 Å². The van der Waals surface area contributed by atoms with Crippen LogP contribution in [0.2, 0.25) is 0 Å².